The smallest absolute Gasteiger partial charge is 0.178 e. The number of anilines is 1. The van der Waals surface area contributed by atoms with Crippen LogP contribution < -0.4 is 4.90 Å². The molecule has 0 unspecified atom stereocenters. The minimum absolute atomic E-state index is 0.196. The Kier molecular flexibility index (Phi) is 4.01. The molecule has 0 radical (unpaired) electrons. The van der Waals surface area contributed by atoms with Crippen molar-refractivity contribution >= 4 is 11.6 Å². The fraction of sp³-hybridized carbons (Fsp3) is 0.375. The van der Waals surface area contributed by atoms with Crippen LogP contribution in [-0.2, 0) is 7.05 Å². The van der Waals surface area contributed by atoms with Gasteiger partial charge in [-0.15, -0.1) is 0 Å². The molecule has 2 aromatic rings. The average molecular weight is 284 g/mol. The number of carbonyl (C=O) groups excluding carboxylic acids is 1. The number of hydrogen-bond donors (Lipinski definition) is 0. The van der Waals surface area contributed by atoms with Crippen molar-refractivity contribution in [1.29, 1.82) is 0 Å². The summed E-state index contributed by atoms with van der Waals surface area (Å²) in [6.07, 6.45) is 5.61. The van der Waals surface area contributed by atoms with E-state index in [1.807, 2.05) is 54.5 Å². The van der Waals surface area contributed by atoms with E-state index in [9.17, 15) is 4.79 Å². The van der Waals surface area contributed by atoms with E-state index in [1.165, 1.54) is 0 Å². The van der Waals surface area contributed by atoms with Crippen molar-refractivity contribution < 1.29 is 4.79 Å². The van der Waals surface area contributed by atoms with E-state index in [-0.39, 0.29) is 5.78 Å². The lowest BCUT2D eigenvalue weighted by molar-refractivity contribution is 0.0926. The summed E-state index contributed by atoms with van der Waals surface area (Å²) in [5, 5.41) is 0. The molecule has 0 atom stereocenters. The Bertz CT molecular complexity index is 600. The van der Waals surface area contributed by atoms with E-state index in [4.69, 9.17) is 0 Å². The highest BCUT2D eigenvalue weighted by molar-refractivity contribution is 5.97. The first-order valence-corrected chi connectivity index (χ1v) is 7.26. The summed E-state index contributed by atoms with van der Waals surface area (Å²) in [5.41, 5.74) is 0.796. The lowest BCUT2D eigenvalue weighted by Crippen LogP contribution is -2.48. The fourth-order valence-electron chi connectivity index (χ4n) is 2.64. The molecule has 0 aliphatic carbocycles. The van der Waals surface area contributed by atoms with E-state index in [0.717, 1.165) is 37.6 Å². The number of rotatable bonds is 4. The highest BCUT2D eigenvalue weighted by atomic mass is 16.1. The number of hydrogen-bond acceptors (Lipinski definition) is 4. The predicted molar refractivity (Wildman–Crippen MR) is 82.6 cm³/mol. The Balaban J connectivity index is 1.53. The summed E-state index contributed by atoms with van der Waals surface area (Å²) in [6, 6.07) is 7.85. The summed E-state index contributed by atoms with van der Waals surface area (Å²) in [7, 11) is 1.93. The summed E-state index contributed by atoms with van der Waals surface area (Å²) in [5.74, 6) is 1.22. The van der Waals surface area contributed by atoms with Crippen molar-refractivity contribution in [3.8, 4) is 0 Å². The number of aromatic nitrogens is 2. The Morgan fingerprint density at radius 3 is 2.62 bits per heavy atom. The molecule has 0 saturated carbocycles. The lowest BCUT2D eigenvalue weighted by Gasteiger charge is -2.34. The van der Waals surface area contributed by atoms with Crippen molar-refractivity contribution in [3.05, 3.63) is 48.4 Å². The maximum absolute atomic E-state index is 12.2. The van der Waals surface area contributed by atoms with Gasteiger partial charge in [0.05, 0.1) is 6.54 Å². The van der Waals surface area contributed by atoms with Gasteiger partial charge in [0.25, 0.3) is 0 Å². The molecule has 1 fully saturated rings. The minimum atomic E-state index is 0.196. The number of carbonyl (C=O) groups is 1. The molecule has 5 heteroatoms. The molecular formula is C16H20N4O. The maximum Gasteiger partial charge on any atom is 0.178 e. The van der Waals surface area contributed by atoms with Crippen LogP contribution in [0.4, 0.5) is 5.82 Å². The van der Waals surface area contributed by atoms with Gasteiger partial charge in [0.1, 0.15) is 5.82 Å². The third kappa shape index (κ3) is 3.31. The van der Waals surface area contributed by atoms with Crippen LogP contribution in [0.25, 0.3) is 0 Å². The molecule has 1 saturated heterocycles. The average Bonchev–Trinajstić information content (AvgIpc) is 2.96. The van der Waals surface area contributed by atoms with Crippen LogP contribution in [0.2, 0.25) is 0 Å². The summed E-state index contributed by atoms with van der Waals surface area (Å²) < 4.78 is 1.91. The van der Waals surface area contributed by atoms with Crippen LogP contribution in [0.15, 0.2) is 42.9 Å². The summed E-state index contributed by atoms with van der Waals surface area (Å²) in [4.78, 5) is 21.1. The highest BCUT2D eigenvalue weighted by Crippen LogP contribution is 2.13. The van der Waals surface area contributed by atoms with E-state index >= 15 is 0 Å². The predicted octanol–water partition coefficient (Wildman–Crippen LogP) is 1.42. The molecule has 2 aromatic heterocycles. The lowest BCUT2D eigenvalue weighted by atomic mass is 10.2. The van der Waals surface area contributed by atoms with Gasteiger partial charge >= 0.3 is 0 Å². The van der Waals surface area contributed by atoms with Crippen molar-refractivity contribution in [2.45, 2.75) is 0 Å². The van der Waals surface area contributed by atoms with Crippen LogP contribution in [0.5, 0.6) is 0 Å². The van der Waals surface area contributed by atoms with Crippen molar-refractivity contribution in [2.75, 3.05) is 37.6 Å². The van der Waals surface area contributed by atoms with Gasteiger partial charge in [0.2, 0.25) is 0 Å². The third-order valence-corrected chi connectivity index (χ3v) is 3.87. The van der Waals surface area contributed by atoms with Crippen molar-refractivity contribution in [3.63, 3.8) is 0 Å². The SMILES string of the molecule is Cn1ccc(C(=O)CN2CCN(c3ccccn3)CC2)c1. The standard InChI is InChI=1S/C16H20N4O/c1-18-7-5-14(12-18)15(21)13-19-8-10-20(11-9-19)16-4-2-3-6-17-16/h2-7,12H,8-11,13H2,1H3. The first-order valence-electron chi connectivity index (χ1n) is 7.26. The molecule has 110 valence electrons. The van der Waals surface area contributed by atoms with E-state index < -0.39 is 0 Å². The Morgan fingerprint density at radius 2 is 2.00 bits per heavy atom. The quantitative estimate of drug-likeness (QED) is 0.796. The van der Waals surface area contributed by atoms with Crippen LogP contribution in [0, 0.1) is 0 Å². The maximum atomic E-state index is 12.2. The molecule has 1 aliphatic rings. The molecule has 21 heavy (non-hydrogen) atoms. The van der Waals surface area contributed by atoms with Crippen LogP contribution in [-0.4, -0.2) is 53.0 Å². The first-order chi connectivity index (χ1) is 10.2. The van der Waals surface area contributed by atoms with Crippen molar-refractivity contribution in [2.24, 2.45) is 7.05 Å². The number of nitrogens with zero attached hydrogens (tertiary/aromatic N) is 4. The van der Waals surface area contributed by atoms with Crippen LogP contribution >= 0.6 is 0 Å². The van der Waals surface area contributed by atoms with Gasteiger partial charge in [-0.25, -0.2) is 4.98 Å². The molecule has 0 aromatic carbocycles. The molecule has 5 nitrogen and oxygen atoms in total. The zero-order valence-corrected chi connectivity index (χ0v) is 12.3. The number of Topliss-reactive ketones (excluding diaryl/α,β-unsaturated/α-hetero) is 1. The molecule has 0 amide bonds. The number of piperazine rings is 1. The van der Waals surface area contributed by atoms with Gasteiger partial charge in [-0.05, 0) is 18.2 Å². The first kappa shape index (κ1) is 13.8. The second kappa shape index (κ2) is 6.10. The van der Waals surface area contributed by atoms with E-state index in [2.05, 4.69) is 14.8 Å². The Morgan fingerprint density at radius 1 is 1.19 bits per heavy atom. The van der Waals surface area contributed by atoms with Gasteiger partial charge in [-0.2, -0.15) is 0 Å². The van der Waals surface area contributed by atoms with Gasteiger partial charge in [-0.3, -0.25) is 9.69 Å². The Labute approximate surface area is 124 Å². The summed E-state index contributed by atoms with van der Waals surface area (Å²) in [6.45, 7) is 4.13. The molecule has 0 bridgehead atoms. The normalized spacial score (nSPS) is 16.1. The number of ketones is 1. The molecule has 3 rings (SSSR count). The number of aryl methyl sites for hydroxylation is 1. The molecule has 3 heterocycles. The monoisotopic (exact) mass is 284 g/mol. The van der Waals surface area contributed by atoms with Gasteiger partial charge in [0.15, 0.2) is 5.78 Å². The summed E-state index contributed by atoms with van der Waals surface area (Å²) >= 11 is 0. The fourth-order valence-corrected chi connectivity index (χ4v) is 2.64. The van der Waals surface area contributed by atoms with Crippen LogP contribution in [0.3, 0.4) is 0 Å². The largest absolute Gasteiger partial charge is 0.357 e. The topological polar surface area (TPSA) is 41.4 Å². The Hall–Kier alpha value is -2.14. The molecule has 0 spiro atoms. The molecule has 0 N–H and O–H groups in total. The second-order valence-corrected chi connectivity index (χ2v) is 5.44. The van der Waals surface area contributed by atoms with Crippen LogP contribution in [0.1, 0.15) is 10.4 Å². The third-order valence-electron chi connectivity index (χ3n) is 3.87. The van der Waals surface area contributed by atoms with Gasteiger partial charge in [-0.1, -0.05) is 6.07 Å². The highest BCUT2D eigenvalue weighted by Gasteiger charge is 2.20. The zero-order valence-electron chi connectivity index (χ0n) is 12.3. The zero-order chi connectivity index (χ0) is 14.7. The number of pyridine rings is 1. The van der Waals surface area contributed by atoms with Gasteiger partial charge in [0, 0.05) is 57.4 Å². The minimum Gasteiger partial charge on any atom is -0.357 e. The van der Waals surface area contributed by atoms with Crippen molar-refractivity contribution in [1.82, 2.24) is 14.5 Å². The molecule has 1 aliphatic heterocycles. The van der Waals surface area contributed by atoms with Gasteiger partial charge < -0.3 is 9.47 Å². The van der Waals surface area contributed by atoms with E-state index in [1.54, 1.807) is 0 Å². The van der Waals surface area contributed by atoms with E-state index in [0.29, 0.717) is 6.54 Å². The molecular weight excluding hydrogens is 264 g/mol. The second-order valence-electron chi connectivity index (χ2n) is 5.44.